The fraction of sp³-hybridized carbons (Fsp3) is 0.611. The van der Waals surface area contributed by atoms with Gasteiger partial charge < -0.3 is 20.1 Å². The van der Waals surface area contributed by atoms with E-state index in [4.69, 9.17) is 9.47 Å². The lowest BCUT2D eigenvalue weighted by Crippen LogP contribution is -2.38. The third-order valence-electron chi connectivity index (χ3n) is 3.44. The number of ether oxygens (including phenoxy) is 2. The van der Waals surface area contributed by atoms with E-state index in [0.717, 1.165) is 38.5 Å². The zero-order valence-electron chi connectivity index (χ0n) is 14.7. The van der Waals surface area contributed by atoms with Crippen LogP contribution in [0.3, 0.4) is 0 Å². The Bertz CT molecular complexity index is 450. The van der Waals surface area contributed by atoms with Gasteiger partial charge in [0.1, 0.15) is 0 Å². The number of nitrogens with zero attached hydrogens (tertiary/aromatic N) is 1. The molecule has 5 nitrogen and oxygen atoms in total. The number of aryl methyl sites for hydroxylation is 1. The highest BCUT2D eigenvalue weighted by molar-refractivity contribution is 5.79. The molecule has 130 valence electrons. The molecule has 0 unspecified atom stereocenters. The zero-order valence-corrected chi connectivity index (χ0v) is 14.7. The number of hydrogen-bond donors (Lipinski definition) is 2. The Hall–Kier alpha value is -1.59. The Morgan fingerprint density at radius 3 is 2.52 bits per heavy atom. The van der Waals surface area contributed by atoms with Crippen LogP contribution >= 0.6 is 0 Å². The molecule has 0 aliphatic heterocycles. The normalized spacial score (nSPS) is 11.5. The summed E-state index contributed by atoms with van der Waals surface area (Å²) in [7, 11) is 1.68. The number of rotatable bonds is 11. The third kappa shape index (κ3) is 8.57. The predicted octanol–water partition coefficient (Wildman–Crippen LogP) is 2.36. The molecule has 0 fully saturated rings. The second-order valence-corrected chi connectivity index (χ2v) is 5.20. The standard InChI is InChI=1S/C18H31N3O2/c1-4-16-9-6-7-10-17(16)15-21-18(19-5-2)20-11-8-12-23-14-13-22-3/h6-7,9-10H,4-5,8,11-15H2,1-3H3,(H2,19,20,21). The molecule has 0 amide bonds. The molecule has 0 radical (unpaired) electrons. The van der Waals surface area contributed by atoms with Gasteiger partial charge in [0.05, 0.1) is 19.8 Å². The van der Waals surface area contributed by atoms with Crippen LogP contribution in [0.4, 0.5) is 0 Å². The van der Waals surface area contributed by atoms with Crippen molar-refractivity contribution in [2.24, 2.45) is 4.99 Å². The zero-order chi connectivity index (χ0) is 16.8. The highest BCUT2D eigenvalue weighted by Crippen LogP contribution is 2.10. The van der Waals surface area contributed by atoms with Gasteiger partial charge >= 0.3 is 0 Å². The van der Waals surface area contributed by atoms with Gasteiger partial charge in [0, 0.05) is 26.8 Å². The van der Waals surface area contributed by atoms with Gasteiger partial charge in [-0.25, -0.2) is 4.99 Å². The molecule has 1 aromatic rings. The number of benzene rings is 1. The first-order chi connectivity index (χ1) is 11.3. The lowest BCUT2D eigenvalue weighted by atomic mass is 10.1. The molecule has 0 spiro atoms. The van der Waals surface area contributed by atoms with E-state index in [1.807, 2.05) is 0 Å². The summed E-state index contributed by atoms with van der Waals surface area (Å²) in [6.45, 7) is 8.67. The van der Waals surface area contributed by atoms with Gasteiger partial charge in [-0.1, -0.05) is 31.2 Å². The van der Waals surface area contributed by atoms with E-state index in [0.29, 0.717) is 19.8 Å². The van der Waals surface area contributed by atoms with Crippen molar-refractivity contribution in [3.63, 3.8) is 0 Å². The van der Waals surface area contributed by atoms with Gasteiger partial charge in [-0.2, -0.15) is 0 Å². The number of nitrogens with one attached hydrogen (secondary N) is 2. The van der Waals surface area contributed by atoms with Crippen LogP contribution in [-0.2, 0) is 22.4 Å². The van der Waals surface area contributed by atoms with Crippen molar-refractivity contribution in [3.8, 4) is 0 Å². The van der Waals surface area contributed by atoms with Gasteiger partial charge in [-0.3, -0.25) is 0 Å². The summed E-state index contributed by atoms with van der Waals surface area (Å²) in [6, 6.07) is 8.47. The maximum Gasteiger partial charge on any atom is 0.191 e. The van der Waals surface area contributed by atoms with Crippen LogP contribution in [0.5, 0.6) is 0 Å². The molecule has 1 rings (SSSR count). The summed E-state index contributed by atoms with van der Waals surface area (Å²) in [5.74, 6) is 0.857. The van der Waals surface area contributed by atoms with Gasteiger partial charge in [0.15, 0.2) is 5.96 Å². The van der Waals surface area contributed by atoms with Crippen molar-refractivity contribution in [1.29, 1.82) is 0 Å². The number of guanidine groups is 1. The Kier molecular flexibility index (Phi) is 10.9. The monoisotopic (exact) mass is 321 g/mol. The van der Waals surface area contributed by atoms with Crippen LogP contribution in [0, 0.1) is 0 Å². The Morgan fingerprint density at radius 1 is 1.04 bits per heavy atom. The maximum absolute atomic E-state index is 5.45. The van der Waals surface area contributed by atoms with Crippen molar-refractivity contribution in [2.45, 2.75) is 33.2 Å². The van der Waals surface area contributed by atoms with E-state index in [9.17, 15) is 0 Å². The van der Waals surface area contributed by atoms with Gasteiger partial charge in [0.2, 0.25) is 0 Å². The minimum atomic E-state index is 0.647. The van der Waals surface area contributed by atoms with Crippen molar-refractivity contribution in [3.05, 3.63) is 35.4 Å². The quantitative estimate of drug-likeness (QED) is 0.373. The van der Waals surface area contributed by atoms with Crippen molar-refractivity contribution >= 4 is 5.96 Å². The van der Waals surface area contributed by atoms with E-state index >= 15 is 0 Å². The molecule has 2 N–H and O–H groups in total. The third-order valence-corrected chi connectivity index (χ3v) is 3.44. The van der Waals surface area contributed by atoms with Crippen LogP contribution in [0.1, 0.15) is 31.4 Å². The predicted molar refractivity (Wildman–Crippen MR) is 96.0 cm³/mol. The largest absolute Gasteiger partial charge is 0.382 e. The molecule has 0 heterocycles. The fourth-order valence-electron chi connectivity index (χ4n) is 2.19. The summed E-state index contributed by atoms with van der Waals surface area (Å²) in [5, 5.41) is 6.63. The van der Waals surface area contributed by atoms with Crippen LogP contribution in [0.2, 0.25) is 0 Å². The van der Waals surface area contributed by atoms with Crippen molar-refractivity contribution in [2.75, 3.05) is 40.0 Å². The molecule has 5 heteroatoms. The summed E-state index contributed by atoms with van der Waals surface area (Å²) >= 11 is 0. The molecular weight excluding hydrogens is 290 g/mol. The molecule has 0 aromatic heterocycles. The van der Waals surface area contributed by atoms with Gasteiger partial charge in [0.25, 0.3) is 0 Å². The summed E-state index contributed by atoms with van der Waals surface area (Å²) < 4.78 is 10.4. The van der Waals surface area contributed by atoms with Gasteiger partial charge in [-0.05, 0) is 30.9 Å². The average molecular weight is 321 g/mol. The SMILES string of the molecule is CCNC(=NCc1ccccc1CC)NCCCOCCOC. The topological polar surface area (TPSA) is 54.9 Å². The Labute approximate surface area is 140 Å². The van der Waals surface area contributed by atoms with E-state index in [1.165, 1.54) is 11.1 Å². The van der Waals surface area contributed by atoms with Crippen molar-refractivity contribution < 1.29 is 9.47 Å². The summed E-state index contributed by atoms with van der Waals surface area (Å²) in [5.41, 5.74) is 2.65. The number of methoxy groups -OCH3 is 1. The van der Waals surface area contributed by atoms with Crippen LogP contribution < -0.4 is 10.6 Å². The summed E-state index contributed by atoms with van der Waals surface area (Å²) in [4.78, 5) is 4.67. The fourth-order valence-corrected chi connectivity index (χ4v) is 2.19. The first-order valence-corrected chi connectivity index (χ1v) is 8.47. The van der Waals surface area contributed by atoms with E-state index in [2.05, 4.69) is 53.7 Å². The van der Waals surface area contributed by atoms with Gasteiger partial charge in [-0.15, -0.1) is 0 Å². The van der Waals surface area contributed by atoms with Crippen LogP contribution in [0.15, 0.2) is 29.3 Å². The average Bonchev–Trinajstić information content (AvgIpc) is 2.59. The second kappa shape index (κ2) is 12.9. The van der Waals surface area contributed by atoms with E-state index in [-0.39, 0.29) is 0 Å². The smallest absolute Gasteiger partial charge is 0.191 e. The Balaban J connectivity index is 2.38. The summed E-state index contributed by atoms with van der Waals surface area (Å²) in [6.07, 6.45) is 1.98. The Morgan fingerprint density at radius 2 is 1.83 bits per heavy atom. The lowest BCUT2D eigenvalue weighted by molar-refractivity contribution is 0.0698. The van der Waals surface area contributed by atoms with Crippen LogP contribution in [-0.4, -0.2) is 46.0 Å². The maximum atomic E-state index is 5.45. The first-order valence-electron chi connectivity index (χ1n) is 8.47. The molecule has 0 bridgehead atoms. The molecule has 0 saturated heterocycles. The molecule has 1 aromatic carbocycles. The molecular formula is C18H31N3O2. The molecule has 0 aliphatic rings. The first kappa shape index (κ1) is 19.5. The molecule has 0 saturated carbocycles. The lowest BCUT2D eigenvalue weighted by Gasteiger charge is -2.12. The highest BCUT2D eigenvalue weighted by atomic mass is 16.5. The second-order valence-electron chi connectivity index (χ2n) is 5.20. The van der Waals surface area contributed by atoms with E-state index < -0.39 is 0 Å². The van der Waals surface area contributed by atoms with Crippen molar-refractivity contribution in [1.82, 2.24) is 10.6 Å². The highest BCUT2D eigenvalue weighted by Gasteiger charge is 2.01. The minimum Gasteiger partial charge on any atom is -0.382 e. The van der Waals surface area contributed by atoms with E-state index in [1.54, 1.807) is 7.11 Å². The minimum absolute atomic E-state index is 0.647. The molecule has 23 heavy (non-hydrogen) atoms. The molecule has 0 atom stereocenters. The molecule has 0 aliphatic carbocycles. The number of aliphatic imine (C=N–C) groups is 1. The number of hydrogen-bond acceptors (Lipinski definition) is 3. The van der Waals surface area contributed by atoms with Crippen LogP contribution in [0.25, 0.3) is 0 Å².